The van der Waals surface area contributed by atoms with Crippen LogP contribution in [0.25, 0.3) is 4.96 Å². The van der Waals surface area contributed by atoms with Crippen molar-refractivity contribution in [1.29, 1.82) is 0 Å². The quantitative estimate of drug-likeness (QED) is 0.811. The van der Waals surface area contributed by atoms with Gasteiger partial charge in [-0.05, 0) is 26.3 Å². The summed E-state index contributed by atoms with van der Waals surface area (Å²) in [5, 5.41) is 5.27. The van der Waals surface area contributed by atoms with Crippen LogP contribution in [0.4, 0.5) is 0 Å². The van der Waals surface area contributed by atoms with Crippen LogP contribution in [0.2, 0.25) is 0 Å². The highest BCUT2D eigenvalue weighted by molar-refractivity contribution is 7.16. The number of aryl methyl sites for hydroxylation is 1. The van der Waals surface area contributed by atoms with Crippen molar-refractivity contribution in [1.82, 2.24) is 24.4 Å². The number of hydrogen-bond donors (Lipinski definition) is 0. The first-order chi connectivity index (χ1) is 12.1. The minimum absolute atomic E-state index is 0.0779. The van der Waals surface area contributed by atoms with Crippen molar-refractivity contribution in [3.63, 3.8) is 0 Å². The van der Waals surface area contributed by atoms with E-state index < -0.39 is 0 Å². The van der Waals surface area contributed by atoms with E-state index in [1.54, 1.807) is 6.07 Å². The molecule has 0 radical (unpaired) electrons. The van der Waals surface area contributed by atoms with Crippen LogP contribution < -0.4 is 5.56 Å². The molecule has 4 heterocycles. The minimum atomic E-state index is -0.0779. The van der Waals surface area contributed by atoms with E-state index in [2.05, 4.69) is 21.9 Å². The Hall–Kier alpha value is -1.35. The van der Waals surface area contributed by atoms with Gasteiger partial charge in [0.05, 0.1) is 5.69 Å². The van der Waals surface area contributed by atoms with Gasteiger partial charge >= 0.3 is 0 Å². The van der Waals surface area contributed by atoms with Crippen LogP contribution in [0, 0.1) is 0 Å². The summed E-state index contributed by atoms with van der Waals surface area (Å²) in [4.78, 5) is 22.7. The van der Waals surface area contributed by atoms with Gasteiger partial charge < -0.3 is 4.74 Å². The molecule has 0 saturated carbocycles. The summed E-state index contributed by atoms with van der Waals surface area (Å²) < 4.78 is 7.00. The molecule has 2 aromatic heterocycles. The lowest BCUT2D eigenvalue weighted by Gasteiger charge is -2.51. The molecule has 0 aliphatic carbocycles. The van der Waals surface area contributed by atoms with Crippen molar-refractivity contribution >= 4 is 16.3 Å². The fourth-order valence-electron chi connectivity index (χ4n) is 3.92. The summed E-state index contributed by atoms with van der Waals surface area (Å²) in [5.41, 5.74) is 0.976. The van der Waals surface area contributed by atoms with Gasteiger partial charge in [-0.3, -0.25) is 14.6 Å². The number of aromatic nitrogens is 3. The molecule has 2 saturated heterocycles. The fourth-order valence-corrected chi connectivity index (χ4v) is 4.78. The van der Waals surface area contributed by atoms with Crippen LogP contribution >= 0.6 is 11.3 Å². The molecule has 1 spiro atoms. The summed E-state index contributed by atoms with van der Waals surface area (Å²) in [6, 6.07) is 1.64. The molecule has 136 valence electrons. The number of rotatable bonds is 3. The molecule has 4 rings (SSSR count). The number of nitrogens with zero attached hydrogens (tertiary/aromatic N) is 5. The van der Waals surface area contributed by atoms with Crippen molar-refractivity contribution in [3.8, 4) is 0 Å². The van der Waals surface area contributed by atoms with Gasteiger partial charge in [0.15, 0.2) is 0 Å². The van der Waals surface area contributed by atoms with E-state index >= 15 is 0 Å². The zero-order valence-corrected chi connectivity index (χ0v) is 15.7. The predicted octanol–water partition coefficient (Wildman–Crippen LogP) is 1.01. The lowest BCUT2D eigenvalue weighted by molar-refractivity contribution is -0.0627. The largest absolute Gasteiger partial charge is 0.381 e. The first-order valence-electron chi connectivity index (χ1n) is 9.00. The number of hydrogen-bond acceptors (Lipinski definition) is 7. The van der Waals surface area contributed by atoms with Crippen LogP contribution in [-0.2, 0) is 17.7 Å². The topological polar surface area (TPSA) is 63.0 Å². The number of fused-ring (bicyclic) bond motifs is 1. The molecule has 2 aliphatic heterocycles. The number of likely N-dealkylation sites (N-methyl/N-ethyl adjacent to an activating group) is 1. The Labute approximate surface area is 151 Å². The average Bonchev–Trinajstić information content (AvgIpc) is 3.03. The molecule has 0 unspecified atom stereocenters. The maximum Gasteiger partial charge on any atom is 0.275 e. The Morgan fingerprint density at radius 3 is 2.88 bits per heavy atom. The predicted molar refractivity (Wildman–Crippen MR) is 97.2 cm³/mol. The molecule has 2 fully saturated rings. The smallest absolute Gasteiger partial charge is 0.275 e. The molecule has 2 aliphatic rings. The van der Waals surface area contributed by atoms with Crippen LogP contribution in [-0.4, -0.2) is 69.8 Å². The van der Waals surface area contributed by atoms with E-state index in [1.165, 1.54) is 15.9 Å². The third-order valence-corrected chi connectivity index (χ3v) is 6.58. The Bertz CT molecular complexity index is 811. The number of piperazine rings is 1. The summed E-state index contributed by atoms with van der Waals surface area (Å²) in [6.45, 7) is 7.50. The van der Waals surface area contributed by atoms with Crippen LogP contribution in [0.3, 0.4) is 0 Å². The molecular weight excluding hydrogens is 338 g/mol. The molecule has 0 N–H and O–H groups in total. The van der Waals surface area contributed by atoms with Crippen molar-refractivity contribution in [2.75, 3.05) is 39.9 Å². The van der Waals surface area contributed by atoms with E-state index in [9.17, 15) is 4.79 Å². The van der Waals surface area contributed by atoms with E-state index in [0.717, 1.165) is 69.4 Å². The van der Waals surface area contributed by atoms with Crippen molar-refractivity contribution in [2.24, 2.45) is 0 Å². The number of ether oxygens (including phenoxy) is 1. The molecule has 25 heavy (non-hydrogen) atoms. The van der Waals surface area contributed by atoms with Crippen molar-refractivity contribution in [3.05, 3.63) is 27.1 Å². The van der Waals surface area contributed by atoms with Gasteiger partial charge in [0.2, 0.25) is 4.96 Å². The van der Waals surface area contributed by atoms with E-state index in [-0.39, 0.29) is 11.1 Å². The SMILES string of the molecule is CCc1nn2c(=O)cc(CN3CCN(C)C4(CCOCC4)C3)nc2s1. The molecule has 0 bridgehead atoms. The Morgan fingerprint density at radius 1 is 1.32 bits per heavy atom. The van der Waals surface area contributed by atoms with E-state index in [0.29, 0.717) is 4.96 Å². The van der Waals surface area contributed by atoms with E-state index in [4.69, 9.17) is 9.72 Å². The molecule has 7 nitrogen and oxygen atoms in total. The molecule has 2 aromatic rings. The summed E-state index contributed by atoms with van der Waals surface area (Å²) >= 11 is 1.51. The Balaban J connectivity index is 1.55. The van der Waals surface area contributed by atoms with Gasteiger partial charge in [0.1, 0.15) is 5.01 Å². The zero-order chi connectivity index (χ0) is 17.4. The normalized spacial score (nSPS) is 22.0. The fraction of sp³-hybridized carbons (Fsp3) is 0.706. The van der Waals surface area contributed by atoms with Crippen LogP contribution in [0.1, 0.15) is 30.5 Å². The minimum Gasteiger partial charge on any atom is -0.381 e. The maximum absolute atomic E-state index is 12.3. The van der Waals surface area contributed by atoms with Gasteiger partial charge in [-0.15, -0.1) is 0 Å². The average molecular weight is 363 g/mol. The monoisotopic (exact) mass is 363 g/mol. The molecular formula is C17H25N5O2S. The van der Waals surface area contributed by atoms with Crippen LogP contribution in [0.5, 0.6) is 0 Å². The second-order valence-corrected chi connectivity index (χ2v) is 8.14. The highest BCUT2D eigenvalue weighted by Crippen LogP contribution is 2.31. The lowest BCUT2D eigenvalue weighted by atomic mass is 9.86. The van der Waals surface area contributed by atoms with Crippen LogP contribution in [0.15, 0.2) is 10.9 Å². The Kier molecular flexibility index (Phi) is 4.61. The molecule has 8 heteroatoms. The highest BCUT2D eigenvalue weighted by Gasteiger charge is 2.40. The van der Waals surface area contributed by atoms with Gasteiger partial charge in [-0.2, -0.15) is 9.61 Å². The summed E-state index contributed by atoms with van der Waals surface area (Å²) in [6.07, 6.45) is 2.97. The molecule has 0 atom stereocenters. The van der Waals surface area contributed by atoms with Gasteiger partial charge in [0, 0.05) is 51.0 Å². The summed E-state index contributed by atoms with van der Waals surface area (Å²) in [7, 11) is 2.23. The molecule has 0 amide bonds. The third kappa shape index (κ3) is 3.23. The standard InChI is InChI=1S/C17H25N5O2S/c1-3-14-19-22-15(23)10-13(18-16(22)25-14)11-21-7-6-20(2)17(12-21)4-8-24-9-5-17/h10H,3-9,11-12H2,1-2H3. The van der Waals surface area contributed by atoms with Crippen molar-refractivity contribution < 1.29 is 4.74 Å². The second-order valence-electron chi connectivity index (χ2n) is 7.10. The van der Waals surface area contributed by atoms with E-state index in [1.807, 2.05) is 6.92 Å². The van der Waals surface area contributed by atoms with Crippen molar-refractivity contribution in [2.45, 2.75) is 38.3 Å². The lowest BCUT2D eigenvalue weighted by Crippen LogP contribution is -2.62. The summed E-state index contributed by atoms with van der Waals surface area (Å²) in [5.74, 6) is 0. The molecule has 0 aromatic carbocycles. The first kappa shape index (κ1) is 17.1. The van der Waals surface area contributed by atoms with Gasteiger partial charge in [-0.1, -0.05) is 18.3 Å². The second kappa shape index (κ2) is 6.75. The highest BCUT2D eigenvalue weighted by atomic mass is 32.1. The third-order valence-electron chi connectivity index (χ3n) is 5.53. The van der Waals surface area contributed by atoms with Gasteiger partial charge in [0.25, 0.3) is 5.56 Å². The Morgan fingerprint density at radius 2 is 2.12 bits per heavy atom. The van der Waals surface area contributed by atoms with Gasteiger partial charge in [-0.25, -0.2) is 4.98 Å². The zero-order valence-electron chi connectivity index (χ0n) is 14.9. The first-order valence-corrected chi connectivity index (χ1v) is 9.81. The maximum atomic E-state index is 12.3.